The standard InChI is InChI=1S/C9H18N2/c10-7-9(11)5-3-8(1-2-8)4-6-9/h1-7,10-11H2. The third kappa shape index (κ3) is 1.30. The minimum absolute atomic E-state index is 0.00611. The van der Waals surface area contributed by atoms with Gasteiger partial charge in [-0.25, -0.2) is 0 Å². The molecular formula is C9H18N2. The average molecular weight is 154 g/mol. The Morgan fingerprint density at radius 2 is 1.36 bits per heavy atom. The first-order valence-corrected chi connectivity index (χ1v) is 4.67. The van der Waals surface area contributed by atoms with Crippen LogP contribution in [0.1, 0.15) is 38.5 Å². The molecule has 2 nitrogen and oxygen atoms in total. The molecule has 0 aromatic heterocycles. The van der Waals surface area contributed by atoms with Crippen LogP contribution in [0.15, 0.2) is 0 Å². The minimum atomic E-state index is -0.00611. The second-order valence-electron chi connectivity index (χ2n) is 4.57. The van der Waals surface area contributed by atoms with Gasteiger partial charge in [-0.3, -0.25) is 0 Å². The zero-order valence-corrected chi connectivity index (χ0v) is 7.10. The SMILES string of the molecule is NCC1(N)CCC2(CC1)CC2. The lowest BCUT2D eigenvalue weighted by Gasteiger charge is -2.36. The van der Waals surface area contributed by atoms with Crippen LogP contribution in [0.2, 0.25) is 0 Å². The van der Waals surface area contributed by atoms with Gasteiger partial charge in [0.05, 0.1) is 0 Å². The quantitative estimate of drug-likeness (QED) is 0.592. The molecule has 0 heterocycles. The first kappa shape index (κ1) is 7.56. The van der Waals surface area contributed by atoms with Crippen molar-refractivity contribution in [1.82, 2.24) is 0 Å². The molecule has 0 atom stereocenters. The molecule has 2 rings (SSSR count). The van der Waals surface area contributed by atoms with Crippen molar-refractivity contribution in [3.8, 4) is 0 Å². The van der Waals surface area contributed by atoms with Crippen molar-refractivity contribution in [3.63, 3.8) is 0 Å². The highest BCUT2D eigenvalue weighted by Gasteiger charge is 2.47. The second-order valence-corrected chi connectivity index (χ2v) is 4.57. The molecule has 0 aromatic rings. The molecule has 0 amide bonds. The predicted molar refractivity (Wildman–Crippen MR) is 46.1 cm³/mol. The van der Waals surface area contributed by atoms with E-state index < -0.39 is 0 Å². The van der Waals surface area contributed by atoms with Crippen LogP contribution in [0.3, 0.4) is 0 Å². The van der Waals surface area contributed by atoms with Crippen LogP contribution in [-0.4, -0.2) is 12.1 Å². The maximum absolute atomic E-state index is 6.08. The Hall–Kier alpha value is -0.0800. The average Bonchev–Trinajstić information content (AvgIpc) is 2.78. The normalized spacial score (nSPS) is 32.2. The molecule has 0 unspecified atom stereocenters. The molecule has 2 aliphatic rings. The van der Waals surface area contributed by atoms with E-state index in [2.05, 4.69) is 0 Å². The van der Waals surface area contributed by atoms with E-state index in [1.54, 1.807) is 0 Å². The van der Waals surface area contributed by atoms with Crippen LogP contribution < -0.4 is 11.5 Å². The van der Waals surface area contributed by atoms with Gasteiger partial charge in [0.1, 0.15) is 0 Å². The van der Waals surface area contributed by atoms with Gasteiger partial charge in [-0.05, 0) is 43.9 Å². The van der Waals surface area contributed by atoms with E-state index in [0.29, 0.717) is 6.54 Å². The van der Waals surface area contributed by atoms with Gasteiger partial charge in [0.15, 0.2) is 0 Å². The Labute approximate surface area is 68.3 Å². The van der Waals surface area contributed by atoms with Crippen molar-refractivity contribution in [1.29, 1.82) is 0 Å². The van der Waals surface area contributed by atoms with Gasteiger partial charge in [-0.15, -0.1) is 0 Å². The molecule has 0 aliphatic heterocycles. The van der Waals surface area contributed by atoms with Crippen molar-refractivity contribution < 1.29 is 0 Å². The fourth-order valence-corrected chi connectivity index (χ4v) is 2.16. The summed E-state index contributed by atoms with van der Waals surface area (Å²) in [5.41, 5.74) is 12.4. The van der Waals surface area contributed by atoms with Gasteiger partial charge < -0.3 is 11.5 Å². The van der Waals surface area contributed by atoms with Gasteiger partial charge in [-0.2, -0.15) is 0 Å². The maximum Gasteiger partial charge on any atom is 0.0279 e. The first-order chi connectivity index (χ1) is 5.18. The summed E-state index contributed by atoms with van der Waals surface area (Å²) in [5, 5.41) is 0. The highest BCUT2D eigenvalue weighted by molar-refractivity contribution is 5.02. The molecule has 2 heteroatoms. The van der Waals surface area contributed by atoms with E-state index in [0.717, 1.165) is 18.3 Å². The molecule has 64 valence electrons. The molecule has 2 fully saturated rings. The molecule has 4 N–H and O–H groups in total. The monoisotopic (exact) mass is 154 g/mol. The minimum Gasteiger partial charge on any atom is -0.329 e. The second kappa shape index (κ2) is 2.20. The van der Waals surface area contributed by atoms with Crippen LogP contribution in [-0.2, 0) is 0 Å². The smallest absolute Gasteiger partial charge is 0.0279 e. The number of rotatable bonds is 1. The van der Waals surface area contributed by atoms with Crippen LogP contribution >= 0.6 is 0 Å². The largest absolute Gasteiger partial charge is 0.329 e. The third-order valence-electron chi connectivity index (χ3n) is 3.67. The number of hydrogen-bond donors (Lipinski definition) is 2. The summed E-state index contributed by atoms with van der Waals surface area (Å²) < 4.78 is 0. The molecule has 2 saturated carbocycles. The van der Waals surface area contributed by atoms with Gasteiger partial charge in [0.25, 0.3) is 0 Å². The Balaban J connectivity index is 1.93. The molecule has 11 heavy (non-hydrogen) atoms. The maximum atomic E-state index is 6.08. The lowest BCUT2D eigenvalue weighted by molar-refractivity contribution is 0.224. The highest BCUT2D eigenvalue weighted by atomic mass is 14.8. The lowest BCUT2D eigenvalue weighted by Crippen LogP contribution is -2.49. The van der Waals surface area contributed by atoms with E-state index >= 15 is 0 Å². The van der Waals surface area contributed by atoms with Crippen molar-refractivity contribution >= 4 is 0 Å². The Bertz CT molecular complexity index is 151. The molecule has 2 aliphatic carbocycles. The number of hydrogen-bond acceptors (Lipinski definition) is 2. The summed E-state index contributed by atoms with van der Waals surface area (Å²) in [7, 11) is 0. The summed E-state index contributed by atoms with van der Waals surface area (Å²) in [5.74, 6) is 0. The zero-order chi connectivity index (χ0) is 7.95. The molecule has 1 spiro atoms. The van der Waals surface area contributed by atoms with E-state index in [-0.39, 0.29) is 5.54 Å². The van der Waals surface area contributed by atoms with Crippen molar-refractivity contribution in [2.24, 2.45) is 16.9 Å². The van der Waals surface area contributed by atoms with Gasteiger partial charge in [0.2, 0.25) is 0 Å². The summed E-state index contributed by atoms with van der Waals surface area (Å²) in [4.78, 5) is 0. The molecule has 0 aromatic carbocycles. The Morgan fingerprint density at radius 3 is 1.73 bits per heavy atom. The van der Waals surface area contributed by atoms with Crippen molar-refractivity contribution in [3.05, 3.63) is 0 Å². The summed E-state index contributed by atoms with van der Waals surface area (Å²) >= 11 is 0. The van der Waals surface area contributed by atoms with Crippen molar-refractivity contribution in [2.45, 2.75) is 44.1 Å². The predicted octanol–water partition coefficient (Wildman–Crippen LogP) is 0.997. The summed E-state index contributed by atoms with van der Waals surface area (Å²) in [6.45, 7) is 0.670. The Kier molecular flexibility index (Phi) is 1.52. The molecule has 0 radical (unpaired) electrons. The topological polar surface area (TPSA) is 52.0 Å². The lowest BCUT2D eigenvalue weighted by atomic mass is 9.75. The fraction of sp³-hybridized carbons (Fsp3) is 1.00. The molecule has 0 saturated heterocycles. The van der Waals surface area contributed by atoms with Crippen molar-refractivity contribution in [2.75, 3.05) is 6.54 Å². The van der Waals surface area contributed by atoms with Gasteiger partial charge in [0, 0.05) is 12.1 Å². The Morgan fingerprint density at radius 1 is 0.909 bits per heavy atom. The third-order valence-corrected chi connectivity index (χ3v) is 3.67. The fourth-order valence-electron chi connectivity index (χ4n) is 2.16. The highest BCUT2D eigenvalue weighted by Crippen LogP contribution is 2.57. The molecule has 0 bridgehead atoms. The van der Waals surface area contributed by atoms with Crippen LogP contribution in [0.4, 0.5) is 0 Å². The van der Waals surface area contributed by atoms with Crippen LogP contribution in [0.5, 0.6) is 0 Å². The number of nitrogens with two attached hydrogens (primary N) is 2. The summed E-state index contributed by atoms with van der Waals surface area (Å²) in [6, 6.07) is 0. The zero-order valence-electron chi connectivity index (χ0n) is 7.10. The summed E-state index contributed by atoms with van der Waals surface area (Å²) in [6.07, 6.45) is 7.88. The van der Waals surface area contributed by atoms with E-state index in [1.807, 2.05) is 0 Å². The molecular weight excluding hydrogens is 136 g/mol. The van der Waals surface area contributed by atoms with E-state index in [4.69, 9.17) is 11.5 Å². The van der Waals surface area contributed by atoms with E-state index in [1.165, 1.54) is 25.7 Å². The van der Waals surface area contributed by atoms with Crippen LogP contribution in [0, 0.1) is 5.41 Å². The first-order valence-electron chi connectivity index (χ1n) is 4.67. The van der Waals surface area contributed by atoms with E-state index in [9.17, 15) is 0 Å². The van der Waals surface area contributed by atoms with Gasteiger partial charge >= 0.3 is 0 Å². The van der Waals surface area contributed by atoms with Crippen LogP contribution in [0.25, 0.3) is 0 Å². The van der Waals surface area contributed by atoms with Gasteiger partial charge in [-0.1, -0.05) is 0 Å².